The molecule has 0 aromatic heterocycles. The summed E-state index contributed by atoms with van der Waals surface area (Å²) in [6.07, 6.45) is 0. The first kappa shape index (κ1) is 18.2. The molecule has 2 N–H and O–H groups in total. The molecule has 0 saturated heterocycles. The molecular formula is C23H21FO4. The van der Waals surface area contributed by atoms with Crippen LogP contribution in [-0.4, -0.2) is 23.9 Å². The van der Waals surface area contributed by atoms with Crippen molar-refractivity contribution in [1.82, 2.24) is 0 Å². The number of aromatic hydroxyl groups is 2. The molecule has 0 spiro atoms. The first-order valence-corrected chi connectivity index (χ1v) is 9.07. The van der Waals surface area contributed by atoms with Crippen molar-refractivity contribution in [3.63, 3.8) is 0 Å². The third kappa shape index (κ3) is 3.03. The Kier molecular flexibility index (Phi) is 4.59. The highest BCUT2D eigenvalue weighted by Gasteiger charge is 2.35. The number of fused-ring (bicyclic) bond motifs is 1. The first-order valence-electron chi connectivity index (χ1n) is 9.07. The molecule has 4 rings (SSSR count). The monoisotopic (exact) mass is 380 g/mol. The Morgan fingerprint density at radius 3 is 2.39 bits per heavy atom. The number of halogens is 1. The molecule has 0 bridgehead atoms. The lowest BCUT2D eigenvalue weighted by Gasteiger charge is -2.35. The number of phenols is 2. The quantitative estimate of drug-likeness (QED) is 0.681. The highest BCUT2D eigenvalue weighted by molar-refractivity contribution is 5.55. The van der Waals surface area contributed by atoms with Crippen molar-refractivity contribution >= 4 is 0 Å². The van der Waals surface area contributed by atoms with E-state index in [1.807, 2.05) is 24.3 Å². The number of methoxy groups -OCH3 is 1. The number of ether oxygens (including phenoxy) is 2. The molecule has 0 aliphatic carbocycles. The summed E-state index contributed by atoms with van der Waals surface area (Å²) in [5.74, 6) is 0.511. The second-order valence-electron chi connectivity index (χ2n) is 7.01. The van der Waals surface area contributed by atoms with E-state index in [0.717, 1.165) is 16.7 Å². The molecule has 5 heteroatoms. The van der Waals surface area contributed by atoms with Gasteiger partial charge in [-0.15, -0.1) is 0 Å². The van der Waals surface area contributed by atoms with E-state index in [2.05, 4.69) is 0 Å². The standard InChI is InChI=1S/C23H21FO4/c1-13-20(26)9-8-17-22(15-5-10-21(27-2)19(24)11-15)18(12-28-23(13)17)14-3-6-16(25)7-4-14/h3-11,18,22,25-26H,12H2,1-2H3/t18-,22-/m1/s1. The van der Waals surface area contributed by atoms with Crippen molar-refractivity contribution in [1.29, 1.82) is 0 Å². The predicted molar refractivity (Wildman–Crippen MR) is 104 cm³/mol. The smallest absolute Gasteiger partial charge is 0.165 e. The maximum absolute atomic E-state index is 14.5. The molecule has 144 valence electrons. The first-order chi connectivity index (χ1) is 13.5. The van der Waals surface area contributed by atoms with Crippen LogP contribution in [0.15, 0.2) is 54.6 Å². The maximum atomic E-state index is 14.5. The Morgan fingerprint density at radius 1 is 1.00 bits per heavy atom. The Morgan fingerprint density at radius 2 is 1.71 bits per heavy atom. The molecule has 0 amide bonds. The number of rotatable bonds is 3. The highest BCUT2D eigenvalue weighted by atomic mass is 19.1. The van der Waals surface area contributed by atoms with Crippen LogP contribution in [0.5, 0.6) is 23.0 Å². The zero-order chi connectivity index (χ0) is 19.8. The molecular weight excluding hydrogens is 359 g/mol. The summed E-state index contributed by atoms with van der Waals surface area (Å²) in [4.78, 5) is 0. The molecule has 3 aromatic carbocycles. The van der Waals surface area contributed by atoms with Gasteiger partial charge in [-0.2, -0.15) is 0 Å². The lowest BCUT2D eigenvalue weighted by molar-refractivity contribution is 0.245. The van der Waals surface area contributed by atoms with Crippen LogP contribution in [0.25, 0.3) is 0 Å². The number of hydrogen-bond acceptors (Lipinski definition) is 4. The normalized spacial score (nSPS) is 18.2. The summed E-state index contributed by atoms with van der Waals surface area (Å²) in [6, 6.07) is 15.4. The van der Waals surface area contributed by atoms with Gasteiger partial charge in [0, 0.05) is 23.0 Å². The molecule has 28 heavy (non-hydrogen) atoms. The van der Waals surface area contributed by atoms with Gasteiger partial charge in [-0.05, 0) is 48.4 Å². The minimum absolute atomic E-state index is 0.0789. The van der Waals surface area contributed by atoms with Gasteiger partial charge in [0.1, 0.15) is 17.2 Å². The SMILES string of the molecule is COc1ccc([C@@H]2c3ccc(O)c(C)c3OC[C@@H]2c2ccc(O)cc2)cc1F. The van der Waals surface area contributed by atoms with E-state index in [9.17, 15) is 14.6 Å². The zero-order valence-electron chi connectivity index (χ0n) is 15.6. The summed E-state index contributed by atoms with van der Waals surface area (Å²) in [6.45, 7) is 2.18. The van der Waals surface area contributed by atoms with E-state index in [4.69, 9.17) is 9.47 Å². The van der Waals surface area contributed by atoms with Crippen LogP contribution in [-0.2, 0) is 0 Å². The van der Waals surface area contributed by atoms with Crippen LogP contribution in [0.2, 0.25) is 0 Å². The fourth-order valence-corrected chi connectivity index (χ4v) is 3.92. The maximum Gasteiger partial charge on any atom is 0.165 e. The molecule has 1 aliphatic heterocycles. The minimum atomic E-state index is -0.423. The number of hydrogen-bond donors (Lipinski definition) is 2. The summed E-state index contributed by atoms with van der Waals surface area (Å²) in [5, 5.41) is 19.7. The van der Waals surface area contributed by atoms with E-state index in [0.29, 0.717) is 17.9 Å². The van der Waals surface area contributed by atoms with Gasteiger partial charge in [0.2, 0.25) is 0 Å². The van der Waals surface area contributed by atoms with E-state index in [-0.39, 0.29) is 29.1 Å². The largest absolute Gasteiger partial charge is 0.508 e. The molecule has 3 aromatic rings. The summed E-state index contributed by atoms with van der Waals surface area (Å²) in [5.41, 5.74) is 3.34. The van der Waals surface area contributed by atoms with Gasteiger partial charge in [-0.25, -0.2) is 4.39 Å². The van der Waals surface area contributed by atoms with Crippen molar-refractivity contribution in [2.45, 2.75) is 18.8 Å². The van der Waals surface area contributed by atoms with Crippen molar-refractivity contribution < 1.29 is 24.1 Å². The summed E-state index contributed by atoms with van der Waals surface area (Å²) >= 11 is 0. The van der Waals surface area contributed by atoms with E-state index in [1.54, 1.807) is 31.2 Å². The Bertz CT molecular complexity index is 1010. The Labute approximate surface area is 162 Å². The third-order valence-corrected chi connectivity index (χ3v) is 5.41. The Hall–Kier alpha value is -3.21. The van der Waals surface area contributed by atoms with Gasteiger partial charge in [-0.3, -0.25) is 0 Å². The predicted octanol–water partition coefficient (Wildman–Crippen LogP) is 4.86. The minimum Gasteiger partial charge on any atom is -0.508 e. The van der Waals surface area contributed by atoms with Crippen molar-refractivity contribution in [2.24, 2.45) is 0 Å². The van der Waals surface area contributed by atoms with Crippen LogP contribution >= 0.6 is 0 Å². The fraction of sp³-hybridized carbons (Fsp3) is 0.217. The molecule has 1 heterocycles. The molecule has 0 radical (unpaired) electrons. The second-order valence-corrected chi connectivity index (χ2v) is 7.01. The van der Waals surface area contributed by atoms with Crippen LogP contribution < -0.4 is 9.47 Å². The van der Waals surface area contributed by atoms with Gasteiger partial charge in [0.25, 0.3) is 0 Å². The lowest BCUT2D eigenvalue weighted by atomic mass is 9.75. The van der Waals surface area contributed by atoms with Crippen LogP contribution in [0, 0.1) is 12.7 Å². The average molecular weight is 380 g/mol. The van der Waals surface area contributed by atoms with E-state index >= 15 is 0 Å². The molecule has 0 fully saturated rings. The van der Waals surface area contributed by atoms with Crippen LogP contribution in [0.4, 0.5) is 4.39 Å². The lowest BCUT2D eigenvalue weighted by Crippen LogP contribution is -2.26. The van der Waals surface area contributed by atoms with Crippen molar-refractivity contribution in [2.75, 3.05) is 13.7 Å². The van der Waals surface area contributed by atoms with Crippen LogP contribution in [0.3, 0.4) is 0 Å². The van der Waals surface area contributed by atoms with E-state index in [1.165, 1.54) is 13.2 Å². The topological polar surface area (TPSA) is 58.9 Å². The van der Waals surface area contributed by atoms with Crippen LogP contribution in [0.1, 0.15) is 34.1 Å². The Balaban J connectivity index is 1.88. The van der Waals surface area contributed by atoms with E-state index < -0.39 is 5.82 Å². The van der Waals surface area contributed by atoms with Gasteiger partial charge in [0.15, 0.2) is 11.6 Å². The molecule has 2 atom stereocenters. The van der Waals surface area contributed by atoms with Gasteiger partial charge in [-0.1, -0.05) is 24.3 Å². The zero-order valence-corrected chi connectivity index (χ0v) is 15.6. The number of phenolic OH excluding ortho intramolecular Hbond substituents is 2. The summed E-state index contributed by atoms with van der Waals surface area (Å²) in [7, 11) is 1.44. The molecule has 1 aliphatic rings. The average Bonchev–Trinajstić information content (AvgIpc) is 2.70. The molecule has 0 saturated carbocycles. The number of benzene rings is 3. The molecule has 0 unspecified atom stereocenters. The van der Waals surface area contributed by atoms with Gasteiger partial charge >= 0.3 is 0 Å². The third-order valence-electron chi connectivity index (χ3n) is 5.41. The molecule has 4 nitrogen and oxygen atoms in total. The highest BCUT2D eigenvalue weighted by Crippen LogP contribution is 2.49. The summed E-state index contributed by atoms with van der Waals surface area (Å²) < 4.78 is 25.6. The van der Waals surface area contributed by atoms with Gasteiger partial charge in [0.05, 0.1) is 13.7 Å². The fourth-order valence-electron chi connectivity index (χ4n) is 3.92. The van der Waals surface area contributed by atoms with Gasteiger partial charge < -0.3 is 19.7 Å². The second kappa shape index (κ2) is 7.08. The van der Waals surface area contributed by atoms with Crippen molar-refractivity contribution in [3.05, 3.63) is 82.7 Å². The van der Waals surface area contributed by atoms with Crippen molar-refractivity contribution in [3.8, 4) is 23.0 Å².